The monoisotopic (exact) mass is 320 g/mol. The van der Waals surface area contributed by atoms with E-state index >= 15 is 0 Å². The third kappa shape index (κ3) is 2.49. The molecule has 23 heavy (non-hydrogen) atoms. The third-order valence-electron chi connectivity index (χ3n) is 3.69. The Kier molecular flexibility index (Phi) is 3.17. The summed E-state index contributed by atoms with van der Waals surface area (Å²) < 4.78 is 0. The number of hydrogen-bond acceptors (Lipinski definition) is 3. The first kappa shape index (κ1) is 13.7. The number of rotatable bonds is 2. The molecule has 112 valence electrons. The van der Waals surface area contributed by atoms with Crippen molar-refractivity contribution in [2.45, 2.75) is 0 Å². The molecule has 1 aliphatic rings. The van der Waals surface area contributed by atoms with Gasteiger partial charge in [-0.1, -0.05) is 30.3 Å². The molecule has 1 fully saturated rings. The van der Waals surface area contributed by atoms with Crippen LogP contribution in [0.1, 0.15) is 5.56 Å². The molecular formula is C17H12N4OS. The number of H-pyrrole nitrogens is 1. The molecule has 0 spiro atoms. The van der Waals surface area contributed by atoms with Crippen LogP contribution in [0, 0.1) is 0 Å². The van der Waals surface area contributed by atoms with Crippen molar-refractivity contribution >= 4 is 40.3 Å². The van der Waals surface area contributed by atoms with E-state index < -0.39 is 0 Å². The van der Waals surface area contributed by atoms with Crippen LogP contribution in [-0.4, -0.2) is 21.0 Å². The van der Waals surface area contributed by atoms with Crippen LogP contribution in [-0.2, 0) is 4.79 Å². The Hall–Kier alpha value is -2.99. The molecule has 0 radical (unpaired) electrons. The number of nitrogens with one attached hydrogen (secondary N) is 3. The molecule has 0 unspecified atom stereocenters. The van der Waals surface area contributed by atoms with Crippen molar-refractivity contribution in [1.29, 1.82) is 0 Å². The molecule has 6 heteroatoms. The third-order valence-corrected chi connectivity index (χ3v) is 3.89. The molecule has 1 aromatic carbocycles. The van der Waals surface area contributed by atoms with Crippen molar-refractivity contribution in [3.05, 3.63) is 60.1 Å². The fraction of sp³-hybridized carbons (Fsp3) is 0. The van der Waals surface area contributed by atoms with E-state index in [9.17, 15) is 4.79 Å². The van der Waals surface area contributed by atoms with E-state index in [2.05, 4.69) is 26.7 Å². The number of carbonyl (C=O) groups is 1. The number of thiocarbonyl (C=S) groups is 1. The zero-order valence-corrected chi connectivity index (χ0v) is 12.8. The van der Waals surface area contributed by atoms with Crippen LogP contribution in [0.15, 0.2) is 54.5 Å². The number of hydrogen-bond donors (Lipinski definition) is 3. The summed E-state index contributed by atoms with van der Waals surface area (Å²) in [6.07, 6.45) is 5.43. The van der Waals surface area contributed by atoms with Crippen molar-refractivity contribution in [3.63, 3.8) is 0 Å². The normalized spacial score (nSPS) is 15.9. The molecule has 1 saturated heterocycles. The van der Waals surface area contributed by atoms with E-state index in [1.165, 1.54) is 0 Å². The second-order valence-electron chi connectivity index (χ2n) is 5.20. The molecule has 3 heterocycles. The number of carbonyl (C=O) groups excluding carboxylic acids is 1. The maximum atomic E-state index is 11.8. The van der Waals surface area contributed by atoms with Gasteiger partial charge in [0.25, 0.3) is 5.91 Å². The topological polar surface area (TPSA) is 69.8 Å². The minimum atomic E-state index is -0.225. The Bertz CT molecular complexity index is 959. The minimum absolute atomic E-state index is 0.225. The van der Waals surface area contributed by atoms with Gasteiger partial charge in [-0.3, -0.25) is 10.1 Å². The first-order chi connectivity index (χ1) is 11.2. The molecule has 0 aliphatic carbocycles. The molecule has 5 nitrogen and oxygen atoms in total. The largest absolute Gasteiger partial charge is 0.346 e. The lowest BCUT2D eigenvalue weighted by atomic mass is 10.1. The summed E-state index contributed by atoms with van der Waals surface area (Å²) >= 11 is 4.95. The van der Waals surface area contributed by atoms with Gasteiger partial charge in [0.15, 0.2) is 5.11 Å². The smallest absolute Gasteiger partial charge is 0.273 e. The van der Waals surface area contributed by atoms with Gasteiger partial charge in [-0.15, -0.1) is 0 Å². The van der Waals surface area contributed by atoms with Gasteiger partial charge >= 0.3 is 0 Å². The second-order valence-corrected chi connectivity index (χ2v) is 5.60. The average Bonchev–Trinajstić information content (AvgIpc) is 3.11. The van der Waals surface area contributed by atoms with E-state index in [0.717, 1.165) is 27.7 Å². The SMILES string of the molecule is O=C1NC(=S)N/C1=C\c1c[nH]c2ncc(-c3ccccc3)cc12. The van der Waals surface area contributed by atoms with Gasteiger partial charge in [-0.05, 0) is 29.9 Å². The zero-order chi connectivity index (χ0) is 15.8. The van der Waals surface area contributed by atoms with Crippen molar-refractivity contribution in [2.75, 3.05) is 0 Å². The van der Waals surface area contributed by atoms with E-state index in [4.69, 9.17) is 12.2 Å². The van der Waals surface area contributed by atoms with Crippen LogP contribution in [0.3, 0.4) is 0 Å². The number of nitrogens with zero attached hydrogens (tertiary/aromatic N) is 1. The minimum Gasteiger partial charge on any atom is -0.346 e. The summed E-state index contributed by atoms with van der Waals surface area (Å²) in [6, 6.07) is 12.1. The molecule has 1 aliphatic heterocycles. The standard InChI is InChI=1S/C17H12N4OS/c22-16-14(20-17(23)21-16)7-12-9-19-15-13(12)6-11(8-18-15)10-4-2-1-3-5-10/h1-9H,(H,18,19)(H2,20,21,22,23)/b14-7-. The Morgan fingerprint density at radius 2 is 1.91 bits per heavy atom. The van der Waals surface area contributed by atoms with E-state index in [1.807, 2.05) is 42.7 Å². The molecule has 0 atom stereocenters. The van der Waals surface area contributed by atoms with Crippen LogP contribution in [0.2, 0.25) is 0 Å². The average molecular weight is 320 g/mol. The number of fused-ring (bicyclic) bond motifs is 1. The summed E-state index contributed by atoms with van der Waals surface area (Å²) in [5.74, 6) is -0.225. The highest BCUT2D eigenvalue weighted by Crippen LogP contribution is 2.25. The first-order valence-corrected chi connectivity index (χ1v) is 7.48. The number of amides is 1. The number of benzene rings is 1. The summed E-state index contributed by atoms with van der Waals surface area (Å²) in [5, 5.41) is 6.68. The van der Waals surface area contributed by atoms with Crippen molar-refractivity contribution in [3.8, 4) is 11.1 Å². The number of pyridine rings is 1. The van der Waals surface area contributed by atoms with Gasteiger partial charge in [0.05, 0.1) is 0 Å². The van der Waals surface area contributed by atoms with E-state index in [-0.39, 0.29) is 5.91 Å². The fourth-order valence-electron chi connectivity index (χ4n) is 2.57. The molecular weight excluding hydrogens is 308 g/mol. The van der Waals surface area contributed by atoms with Gasteiger partial charge in [-0.25, -0.2) is 4.98 Å². The second kappa shape index (κ2) is 5.33. The summed E-state index contributed by atoms with van der Waals surface area (Å²) in [5.41, 5.74) is 4.21. The maximum Gasteiger partial charge on any atom is 0.273 e. The Labute approximate surface area is 137 Å². The van der Waals surface area contributed by atoms with Crippen molar-refractivity contribution in [1.82, 2.24) is 20.6 Å². The highest BCUT2D eigenvalue weighted by atomic mass is 32.1. The van der Waals surface area contributed by atoms with Gasteiger partial charge in [0, 0.05) is 28.9 Å². The van der Waals surface area contributed by atoms with Gasteiger partial charge < -0.3 is 10.3 Å². The lowest BCUT2D eigenvalue weighted by Crippen LogP contribution is -2.21. The summed E-state index contributed by atoms with van der Waals surface area (Å²) in [6.45, 7) is 0. The van der Waals surface area contributed by atoms with Crippen LogP contribution >= 0.6 is 12.2 Å². The molecule has 2 aromatic heterocycles. The molecule has 0 saturated carbocycles. The Balaban J connectivity index is 1.81. The Morgan fingerprint density at radius 3 is 2.65 bits per heavy atom. The first-order valence-electron chi connectivity index (χ1n) is 7.07. The van der Waals surface area contributed by atoms with Crippen LogP contribution in [0.4, 0.5) is 0 Å². The lowest BCUT2D eigenvalue weighted by Gasteiger charge is -2.02. The fourth-order valence-corrected chi connectivity index (χ4v) is 2.77. The van der Waals surface area contributed by atoms with E-state index in [1.54, 1.807) is 6.08 Å². The van der Waals surface area contributed by atoms with Crippen molar-refractivity contribution in [2.24, 2.45) is 0 Å². The quantitative estimate of drug-likeness (QED) is 0.501. The van der Waals surface area contributed by atoms with Crippen molar-refractivity contribution < 1.29 is 4.79 Å². The van der Waals surface area contributed by atoms with Crippen LogP contribution in [0.5, 0.6) is 0 Å². The predicted molar refractivity (Wildman–Crippen MR) is 93.4 cm³/mol. The number of aromatic amines is 1. The maximum absolute atomic E-state index is 11.8. The van der Waals surface area contributed by atoms with Gasteiger partial charge in [0.1, 0.15) is 11.3 Å². The number of aromatic nitrogens is 2. The molecule has 3 aromatic rings. The molecule has 4 rings (SSSR count). The summed E-state index contributed by atoms with van der Waals surface area (Å²) in [7, 11) is 0. The molecule has 1 amide bonds. The van der Waals surface area contributed by atoms with Gasteiger partial charge in [-0.2, -0.15) is 0 Å². The highest BCUT2D eigenvalue weighted by molar-refractivity contribution is 7.80. The highest BCUT2D eigenvalue weighted by Gasteiger charge is 2.20. The van der Waals surface area contributed by atoms with Crippen LogP contribution < -0.4 is 10.6 Å². The predicted octanol–water partition coefficient (Wildman–Crippen LogP) is 2.58. The van der Waals surface area contributed by atoms with Gasteiger partial charge in [0.2, 0.25) is 0 Å². The lowest BCUT2D eigenvalue weighted by molar-refractivity contribution is -0.115. The Morgan fingerprint density at radius 1 is 1.09 bits per heavy atom. The van der Waals surface area contributed by atoms with Crippen LogP contribution in [0.25, 0.3) is 28.2 Å². The zero-order valence-electron chi connectivity index (χ0n) is 12.0. The molecule has 0 bridgehead atoms. The summed E-state index contributed by atoms with van der Waals surface area (Å²) in [4.78, 5) is 19.4. The van der Waals surface area contributed by atoms with E-state index in [0.29, 0.717) is 10.8 Å². The molecule has 3 N–H and O–H groups in total.